The maximum absolute atomic E-state index is 14.5. The molecule has 0 aliphatic rings. The van der Waals surface area contributed by atoms with E-state index in [-0.39, 0.29) is 12.0 Å². The molecule has 0 aliphatic carbocycles. The number of aryl methyl sites for hydroxylation is 1. The van der Waals surface area contributed by atoms with E-state index in [9.17, 15) is 74.6 Å². The van der Waals surface area contributed by atoms with Crippen molar-refractivity contribution in [3.8, 4) is 0 Å². The van der Waals surface area contributed by atoms with E-state index in [1.807, 2.05) is 0 Å². The van der Waals surface area contributed by atoms with Gasteiger partial charge in [0.25, 0.3) is 0 Å². The summed E-state index contributed by atoms with van der Waals surface area (Å²) < 4.78 is 234. The van der Waals surface area contributed by atoms with Gasteiger partial charge in [-0.3, -0.25) is 0 Å². The van der Waals surface area contributed by atoms with Crippen LogP contribution in [0, 0.1) is 0 Å². The van der Waals surface area contributed by atoms with E-state index in [0.717, 1.165) is 12.1 Å². The zero-order valence-corrected chi connectivity index (χ0v) is 19.1. The Balaban J connectivity index is 3.70. The fourth-order valence-corrected chi connectivity index (χ4v) is 3.35. The third kappa shape index (κ3) is 4.67. The van der Waals surface area contributed by atoms with Crippen molar-refractivity contribution in [3.63, 3.8) is 0 Å². The van der Waals surface area contributed by atoms with Gasteiger partial charge in [0.1, 0.15) is 0 Å². The summed E-state index contributed by atoms with van der Waals surface area (Å²) in [5, 5.41) is 0. The summed E-state index contributed by atoms with van der Waals surface area (Å²) in [5.74, 6) is -56.6. The van der Waals surface area contributed by atoms with Gasteiger partial charge in [0.15, 0.2) is 0 Å². The third-order valence-electron chi connectivity index (χ3n) is 5.76. The maximum Gasteiger partial charge on any atom is 0.460 e. The van der Waals surface area contributed by atoms with Crippen molar-refractivity contribution in [1.29, 1.82) is 0 Å². The minimum Gasteiger partial charge on any atom is -0.374 e. The topological polar surface area (TPSA) is 9.23 Å². The van der Waals surface area contributed by atoms with Crippen LogP contribution >= 0.6 is 0 Å². The van der Waals surface area contributed by atoms with Gasteiger partial charge in [0.05, 0.1) is 12.0 Å². The van der Waals surface area contributed by atoms with Crippen LogP contribution < -0.4 is 0 Å². The quantitative estimate of drug-likeness (QED) is 0.233. The summed E-state index contributed by atoms with van der Waals surface area (Å²) in [5.41, 5.74) is -3.11. The zero-order chi connectivity index (χ0) is 30.6. The molecule has 1 atom stereocenters. The molecule has 0 aromatic heterocycles. The number of ether oxygens (including phenoxy) is 1. The fraction of sp³-hybridized carbons (Fsp3) is 0.700. The van der Waals surface area contributed by atoms with E-state index in [1.165, 1.54) is 19.1 Å². The largest absolute Gasteiger partial charge is 0.460 e. The van der Waals surface area contributed by atoms with Gasteiger partial charge in [-0.05, 0) is 24.5 Å². The summed E-state index contributed by atoms with van der Waals surface area (Å²) in [6.45, 7) is 1.96. The van der Waals surface area contributed by atoms with Crippen molar-refractivity contribution >= 4 is 0 Å². The normalized spacial score (nSPS) is 16.9. The van der Waals surface area contributed by atoms with Gasteiger partial charge < -0.3 is 4.74 Å². The van der Waals surface area contributed by atoms with Gasteiger partial charge in [-0.25, -0.2) is 0 Å². The van der Waals surface area contributed by atoms with Crippen molar-refractivity contribution in [2.45, 2.75) is 79.9 Å². The summed E-state index contributed by atoms with van der Waals surface area (Å²) >= 11 is 0. The van der Waals surface area contributed by atoms with Gasteiger partial charge in [0, 0.05) is 7.11 Å². The van der Waals surface area contributed by atoms with Crippen LogP contribution in [0.1, 0.15) is 31.4 Å². The number of hydrogen-bond donors (Lipinski definition) is 0. The molecule has 0 spiro atoms. The summed E-state index contributed by atoms with van der Waals surface area (Å²) in [6.07, 6.45) is -10.5. The predicted molar refractivity (Wildman–Crippen MR) is 95.5 cm³/mol. The van der Waals surface area contributed by atoms with Crippen LogP contribution in [0.2, 0.25) is 0 Å². The summed E-state index contributed by atoms with van der Waals surface area (Å²) in [4.78, 5) is 0. The van der Waals surface area contributed by atoms with Crippen molar-refractivity contribution in [3.05, 3.63) is 35.4 Å². The van der Waals surface area contributed by atoms with E-state index in [1.54, 1.807) is 0 Å². The first-order chi connectivity index (χ1) is 16.6. The van der Waals surface area contributed by atoms with E-state index >= 15 is 0 Å². The predicted octanol–water partition coefficient (Wildman–Crippen LogP) is 8.51. The third-order valence-corrected chi connectivity index (χ3v) is 5.76. The molecule has 38 heavy (non-hydrogen) atoms. The van der Waals surface area contributed by atoms with Crippen LogP contribution in [0.25, 0.3) is 0 Å². The average molecular weight is 596 g/mol. The van der Waals surface area contributed by atoms with Gasteiger partial charge >= 0.3 is 47.6 Å². The number of halogens is 17. The second-order valence-corrected chi connectivity index (χ2v) is 8.27. The SMILES string of the molecule is CCc1ccccc1C(C)(CC(F)(F)C(F)(F)C(F)(F)C(F)(F)C(F)(F)C(F)(F)C(F)(F)C(F)(F)F)OC. The minimum atomic E-state index is -8.65. The molecule has 0 radical (unpaired) electrons. The van der Waals surface area contributed by atoms with Gasteiger partial charge in [0.2, 0.25) is 0 Å². The molecule has 18 heteroatoms. The van der Waals surface area contributed by atoms with Gasteiger partial charge in [-0.2, -0.15) is 74.6 Å². The van der Waals surface area contributed by atoms with Crippen LogP contribution in [-0.2, 0) is 16.8 Å². The Bertz CT molecular complexity index is 982. The van der Waals surface area contributed by atoms with Crippen molar-refractivity contribution in [2.24, 2.45) is 0 Å². The minimum absolute atomic E-state index is 0.0277. The number of methoxy groups -OCH3 is 1. The van der Waals surface area contributed by atoms with Crippen LogP contribution in [-0.4, -0.2) is 54.7 Å². The lowest BCUT2D eigenvalue weighted by Crippen LogP contribution is -2.74. The lowest BCUT2D eigenvalue weighted by molar-refractivity contribution is -0.462. The highest BCUT2D eigenvalue weighted by Crippen LogP contribution is 2.64. The highest BCUT2D eigenvalue weighted by molar-refractivity contribution is 5.33. The lowest BCUT2D eigenvalue weighted by Gasteiger charge is -2.44. The first-order valence-corrected chi connectivity index (χ1v) is 9.92. The summed E-state index contributed by atoms with van der Waals surface area (Å²) in [6, 6.07) is 4.60. The standard InChI is InChI=1S/C20H17F17O/c1-4-10-7-5-6-8-11(10)12(2,38-3)9-13(21,22)14(23,24)15(25,26)16(27,28)17(29,30)18(31,32)19(33,34)20(35,36)37/h5-8H,4,9H2,1-3H3. The Morgan fingerprint density at radius 3 is 1.32 bits per heavy atom. The van der Waals surface area contributed by atoms with Crippen LogP contribution in [0.5, 0.6) is 0 Å². The number of rotatable bonds is 11. The molecule has 222 valence electrons. The fourth-order valence-electron chi connectivity index (χ4n) is 3.35. The number of benzene rings is 1. The van der Waals surface area contributed by atoms with Crippen LogP contribution in [0.3, 0.4) is 0 Å². The molecule has 0 aliphatic heterocycles. The molecule has 1 unspecified atom stereocenters. The monoisotopic (exact) mass is 596 g/mol. The smallest absolute Gasteiger partial charge is 0.374 e. The van der Waals surface area contributed by atoms with E-state index < -0.39 is 65.2 Å². The van der Waals surface area contributed by atoms with Crippen LogP contribution in [0.4, 0.5) is 74.6 Å². The molecule has 1 aromatic rings. The van der Waals surface area contributed by atoms with Crippen molar-refractivity contribution in [1.82, 2.24) is 0 Å². The van der Waals surface area contributed by atoms with Crippen molar-refractivity contribution in [2.75, 3.05) is 7.11 Å². The highest BCUT2D eigenvalue weighted by atomic mass is 19.4. The maximum atomic E-state index is 14.5. The molecule has 0 saturated carbocycles. The highest BCUT2D eigenvalue weighted by Gasteiger charge is 2.95. The molecule has 1 aromatic carbocycles. The van der Waals surface area contributed by atoms with E-state index in [0.29, 0.717) is 14.0 Å². The molecule has 1 rings (SSSR count). The number of alkyl halides is 17. The average Bonchev–Trinajstić information content (AvgIpc) is 2.76. The molecular formula is C20H17F17O. The van der Waals surface area contributed by atoms with Gasteiger partial charge in [-0.1, -0.05) is 31.2 Å². The Morgan fingerprint density at radius 2 is 0.947 bits per heavy atom. The summed E-state index contributed by atoms with van der Waals surface area (Å²) in [7, 11) is 0.571. The van der Waals surface area contributed by atoms with Crippen LogP contribution in [0.15, 0.2) is 24.3 Å². The molecule has 1 nitrogen and oxygen atoms in total. The lowest BCUT2D eigenvalue weighted by atomic mass is 9.81. The molecule has 0 bridgehead atoms. The molecule has 0 N–H and O–H groups in total. The Morgan fingerprint density at radius 1 is 0.579 bits per heavy atom. The molecule has 0 amide bonds. The molecule has 0 fully saturated rings. The molecular weight excluding hydrogens is 579 g/mol. The molecule has 0 heterocycles. The van der Waals surface area contributed by atoms with E-state index in [2.05, 4.69) is 4.74 Å². The molecule has 0 saturated heterocycles. The first kappa shape index (κ1) is 34.0. The second-order valence-electron chi connectivity index (χ2n) is 8.27. The van der Waals surface area contributed by atoms with Gasteiger partial charge in [-0.15, -0.1) is 0 Å². The Kier molecular flexibility index (Phi) is 8.57. The zero-order valence-electron chi connectivity index (χ0n) is 19.1. The Labute approximate surface area is 202 Å². The van der Waals surface area contributed by atoms with Crippen molar-refractivity contribution < 1.29 is 79.4 Å². The number of hydrogen-bond acceptors (Lipinski definition) is 1. The first-order valence-electron chi connectivity index (χ1n) is 9.92. The Hall–Kier alpha value is -2.01. The second kappa shape index (κ2) is 9.57. The van der Waals surface area contributed by atoms with E-state index in [4.69, 9.17) is 0 Å².